The standard InChI is InChI=1S/C16H17Br2N/c1-3-11-5-4-6-12(9-11)16(19-2)14-8-7-13(17)10-15(14)18/h4-10,16,19H,3H2,1-2H3. The van der Waals surface area contributed by atoms with Crippen molar-refractivity contribution < 1.29 is 0 Å². The molecule has 100 valence electrons. The van der Waals surface area contributed by atoms with Crippen molar-refractivity contribution in [1.29, 1.82) is 0 Å². The molecule has 0 spiro atoms. The normalized spacial score (nSPS) is 12.4. The van der Waals surface area contributed by atoms with Crippen molar-refractivity contribution in [3.63, 3.8) is 0 Å². The Morgan fingerprint density at radius 1 is 1.11 bits per heavy atom. The molecular formula is C16H17Br2N. The van der Waals surface area contributed by atoms with Crippen LogP contribution in [0, 0.1) is 0 Å². The summed E-state index contributed by atoms with van der Waals surface area (Å²) in [6.45, 7) is 2.18. The Balaban J connectivity index is 2.43. The van der Waals surface area contributed by atoms with Gasteiger partial charge in [0.25, 0.3) is 0 Å². The molecule has 0 bridgehead atoms. The molecule has 0 saturated heterocycles. The van der Waals surface area contributed by atoms with Gasteiger partial charge >= 0.3 is 0 Å². The molecular weight excluding hydrogens is 366 g/mol. The number of nitrogens with one attached hydrogen (secondary N) is 1. The zero-order chi connectivity index (χ0) is 13.8. The molecule has 2 aromatic rings. The molecule has 0 aliphatic heterocycles. The van der Waals surface area contributed by atoms with Crippen LogP contribution in [0.15, 0.2) is 51.4 Å². The van der Waals surface area contributed by atoms with Gasteiger partial charge in [-0.2, -0.15) is 0 Å². The lowest BCUT2D eigenvalue weighted by Gasteiger charge is -2.19. The Labute approximate surface area is 131 Å². The van der Waals surface area contributed by atoms with Gasteiger partial charge in [0.2, 0.25) is 0 Å². The second-order valence-electron chi connectivity index (χ2n) is 4.49. The van der Waals surface area contributed by atoms with E-state index in [4.69, 9.17) is 0 Å². The maximum absolute atomic E-state index is 3.65. The van der Waals surface area contributed by atoms with E-state index in [-0.39, 0.29) is 6.04 Å². The first kappa shape index (κ1) is 14.8. The maximum atomic E-state index is 3.65. The molecule has 3 heteroatoms. The zero-order valence-electron chi connectivity index (χ0n) is 11.1. The molecule has 0 radical (unpaired) electrons. The summed E-state index contributed by atoms with van der Waals surface area (Å²) >= 11 is 7.15. The van der Waals surface area contributed by atoms with Crippen molar-refractivity contribution in [2.24, 2.45) is 0 Å². The van der Waals surface area contributed by atoms with E-state index in [1.165, 1.54) is 16.7 Å². The lowest BCUT2D eigenvalue weighted by molar-refractivity contribution is 0.688. The van der Waals surface area contributed by atoms with Crippen molar-refractivity contribution in [2.45, 2.75) is 19.4 Å². The number of hydrogen-bond acceptors (Lipinski definition) is 1. The molecule has 0 fully saturated rings. The maximum Gasteiger partial charge on any atom is 0.0585 e. The highest BCUT2D eigenvalue weighted by Crippen LogP contribution is 2.31. The minimum Gasteiger partial charge on any atom is -0.309 e. The van der Waals surface area contributed by atoms with E-state index >= 15 is 0 Å². The molecule has 0 aliphatic carbocycles. The van der Waals surface area contributed by atoms with Crippen LogP contribution in [-0.2, 0) is 6.42 Å². The molecule has 0 aliphatic rings. The van der Waals surface area contributed by atoms with Gasteiger partial charge in [-0.25, -0.2) is 0 Å². The first-order valence-electron chi connectivity index (χ1n) is 6.36. The summed E-state index contributed by atoms with van der Waals surface area (Å²) in [5.74, 6) is 0. The molecule has 1 N–H and O–H groups in total. The number of rotatable bonds is 4. The summed E-state index contributed by atoms with van der Waals surface area (Å²) in [6.07, 6.45) is 1.06. The second kappa shape index (κ2) is 6.69. The van der Waals surface area contributed by atoms with Gasteiger partial charge in [-0.3, -0.25) is 0 Å². The van der Waals surface area contributed by atoms with Crippen LogP contribution in [-0.4, -0.2) is 7.05 Å². The molecule has 1 unspecified atom stereocenters. The Kier molecular flexibility index (Phi) is 5.20. The van der Waals surface area contributed by atoms with Crippen molar-refractivity contribution in [3.05, 3.63) is 68.1 Å². The second-order valence-corrected chi connectivity index (χ2v) is 6.26. The zero-order valence-corrected chi connectivity index (χ0v) is 14.3. The summed E-state index contributed by atoms with van der Waals surface area (Å²) in [4.78, 5) is 0. The molecule has 0 aromatic heterocycles. The largest absolute Gasteiger partial charge is 0.309 e. The van der Waals surface area contributed by atoms with E-state index in [0.717, 1.165) is 15.4 Å². The van der Waals surface area contributed by atoms with Crippen molar-refractivity contribution in [1.82, 2.24) is 5.32 Å². The number of benzene rings is 2. The average Bonchev–Trinajstić information content (AvgIpc) is 2.42. The lowest BCUT2D eigenvalue weighted by Crippen LogP contribution is -2.18. The summed E-state index contributed by atoms with van der Waals surface area (Å²) < 4.78 is 2.20. The van der Waals surface area contributed by atoms with E-state index in [2.05, 4.69) is 86.6 Å². The van der Waals surface area contributed by atoms with Crippen LogP contribution in [0.1, 0.15) is 29.7 Å². The summed E-state index contributed by atoms with van der Waals surface area (Å²) in [5, 5.41) is 3.40. The van der Waals surface area contributed by atoms with Crippen LogP contribution in [0.2, 0.25) is 0 Å². The topological polar surface area (TPSA) is 12.0 Å². The molecule has 1 atom stereocenters. The van der Waals surface area contributed by atoms with E-state index in [1.54, 1.807) is 0 Å². The Bertz CT molecular complexity index is 566. The minimum atomic E-state index is 0.203. The van der Waals surface area contributed by atoms with Crippen molar-refractivity contribution >= 4 is 31.9 Å². The van der Waals surface area contributed by atoms with Gasteiger partial charge in [-0.1, -0.05) is 69.1 Å². The smallest absolute Gasteiger partial charge is 0.0585 e. The monoisotopic (exact) mass is 381 g/mol. The third kappa shape index (κ3) is 3.47. The van der Waals surface area contributed by atoms with Crippen LogP contribution in [0.5, 0.6) is 0 Å². The molecule has 2 rings (SSSR count). The van der Waals surface area contributed by atoms with E-state index < -0.39 is 0 Å². The quantitative estimate of drug-likeness (QED) is 0.777. The highest BCUT2D eigenvalue weighted by molar-refractivity contribution is 9.11. The fourth-order valence-corrected chi connectivity index (χ4v) is 3.51. The van der Waals surface area contributed by atoms with Gasteiger partial charge in [0, 0.05) is 8.95 Å². The number of aryl methyl sites for hydroxylation is 1. The highest BCUT2D eigenvalue weighted by Gasteiger charge is 2.15. The van der Waals surface area contributed by atoms with Gasteiger partial charge in [-0.05, 0) is 42.3 Å². The first-order chi connectivity index (χ1) is 9.15. The molecule has 0 amide bonds. The van der Waals surface area contributed by atoms with E-state index in [0.29, 0.717) is 0 Å². The molecule has 0 saturated carbocycles. The average molecular weight is 383 g/mol. The lowest BCUT2D eigenvalue weighted by atomic mass is 9.97. The fourth-order valence-electron chi connectivity index (χ4n) is 2.23. The first-order valence-corrected chi connectivity index (χ1v) is 7.95. The van der Waals surface area contributed by atoms with E-state index in [1.807, 2.05) is 7.05 Å². The van der Waals surface area contributed by atoms with Crippen molar-refractivity contribution in [2.75, 3.05) is 7.05 Å². The van der Waals surface area contributed by atoms with Gasteiger partial charge in [-0.15, -0.1) is 0 Å². The molecule has 2 aromatic carbocycles. The molecule has 1 nitrogen and oxygen atoms in total. The van der Waals surface area contributed by atoms with Gasteiger partial charge in [0.15, 0.2) is 0 Å². The SMILES string of the molecule is CCc1cccc(C(NC)c2ccc(Br)cc2Br)c1. The number of halogens is 2. The van der Waals surface area contributed by atoms with Crippen LogP contribution >= 0.6 is 31.9 Å². The fraction of sp³-hybridized carbons (Fsp3) is 0.250. The Morgan fingerprint density at radius 3 is 2.53 bits per heavy atom. The van der Waals surface area contributed by atoms with Crippen LogP contribution in [0.25, 0.3) is 0 Å². The van der Waals surface area contributed by atoms with Crippen LogP contribution < -0.4 is 5.32 Å². The summed E-state index contributed by atoms with van der Waals surface area (Å²) in [6, 6.07) is 15.3. The van der Waals surface area contributed by atoms with E-state index in [9.17, 15) is 0 Å². The summed E-state index contributed by atoms with van der Waals surface area (Å²) in [5.41, 5.74) is 3.91. The Hall–Kier alpha value is -0.640. The van der Waals surface area contributed by atoms with Crippen LogP contribution in [0.4, 0.5) is 0 Å². The highest BCUT2D eigenvalue weighted by atomic mass is 79.9. The third-order valence-corrected chi connectivity index (χ3v) is 4.43. The third-order valence-electron chi connectivity index (χ3n) is 3.25. The summed E-state index contributed by atoms with van der Waals surface area (Å²) in [7, 11) is 2.00. The minimum absolute atomic E-state index is 0.203. The van der Waals surface area contributed by atoms with Crippen LogP contribution in [0.3, 0.4) is 0 Å². The molecule has 0 heterocycles. The van der Waals surface area contributed by atoms with Gasteiger partial charge in [0.1, 0.15) is 0 Å². The predicted octanol–water partition coefficient (Wildman–Crippen LogP) is 5.08. The van der Waals surface area contributed by atoms with Crippen molar-refractivity contribution in [3.8, 4) is 0 Å². The molecule has 19 heavy (non-hydrogen) atoms. The number of hydrogen-bond donors (Lipinski definition) is 1. The predicted molar refractivity (Wildman–Crippen MR) is 88.6 cm³/mol. The van der Waals surface area contributed by atoms with Gasteiger partial charge in [0.05, 0.1) is 6.04 Å². The van der Waals surface area contributed by atoms with Gasteiger partial charge < -0.3 is 5.32 Å². The Morgan fingerprint density at radius 2 is 1.89 bits per heavy atom.